The number of amides is 3. The summed E-state index contributed by atoms with van der Waals surface area (Å²) in [6.45, 7) is 6.18. The summed E-state index contributed by atoms with van der Waals surface area (Å²) in [5.74, 6) is 0.171. The van der Waals surface area contributed by atoms with Crippen LogP contribution in [0.4, 0.5) is 4.79 Å². The van der Waals surface area contributed by atoms with Gasteiger partial charge in [-0.3, -0.25) is 4.79 Å². The number of carbonyl (C=O) groups excluding carboxylic acids is 2. The fraction of sp³-hybridized carbons (Fsp3) is 0.556. The Labute approximate surface area is 138 Å². The number of piperidine rings is 1. The largest absolute Gasteiger partial charge is 0.342 e. The maximum atomic E-state index is 12.4. The van der Waals surface area contributed by atoms with E-state index in [0.29, 0.717) is 26.1 Å². The molecule has 0 spiro atoms. The van der Waals surface area contributed by atoms with Crippen molar-refractivity contribution in [2.75, 3.05) is 19.6 Å². The lowest BCUT2D eigenvalue weighted by Gasteiger charge is -2.32. The summed E-state index contributed by atoms with van der Waals surface area (Å²) in [5, 5.41) is 5.80. The van der Waals surface area contributed by atoms with Gasteiger partial charge in [0.05, 0.1) is 6.42 Å². The number of nitrogens with one attached hydrogen (secondary N) is 2. The summed E-state index contributed by atoms with van der Waals surface area (Å²) in [6.07, 6.45) is 3.02. The van der Waals surface area contributed by atoms with Gasteiger partial charge < -0.3 is 15.5 Å². The Morgan fingerprint density at radius 3 is 2.65 bits per heavy atom. The third-order valence-electron chi connectivity index (χ3n) is 4.16. The molecule has 3 amide bonds. The van der Waals surface area contributed by atoms with Crippen molar-refractivity contribution in [2.45, 2.75) is 45.6 Å². The van der Waals surface area contributed by atoms with Gasteiger partial charge in [0.25, 0.3) is 0 Å². The Balaban J connectivity index is 1.75. The van der Waals surface area contributed by atoms with Crippen LogP contribution in [0, 0.1) is 6.92 Å². The van der Waals surface area contributed by atoms with Gasteiger partial charge in [-0.2, -0.15) is 0 Å². The highest BCUT2D eigenvalue weighted by molar-refractivity contribution is 5.79. The monoisotopic (exact) mass is 317 g/mol. The molecule has 1 saturated heterocycles. The number of carbonyl (C=O) groups is 2. The highest BCUT2D eigenvalue weighted by Gasteiger charge is 2.23. The summed E-state index contributed by atoms with van der Waals surface area (Å²) >= 11 is 0. The van der Waals surface area contributed by atoms with E-state index in [4.69, 9.17) is 0 Å². The highest BCUT2D eigenvalue weighted by Crippen LogP contribution is 2.13. The van der Waals surface area contributed by atoms with Crippen molar-refractivity contribution in [3.05, 3.63) is 35.4 Å². The predicted octanol–water partition coefficient (Wildman–Crippen LogP) is 2.24. The third kappa shape index (κ3) is 5.58. The number of rotatable bonds is 5. The number of benzene rings is 1. The van der Waals surface area contributed by atoms with E-state index in [1.807, 2.05) is 36.9 Å². The van der Waals surface area contributed by atoms with Crippen molar-refractivity contribution in [1.82, 2.24) is 15.5 Å². The highest BCUT2D eigenvalue weighted by atomic mass is 16.2. The summed E-state index contributed by atoms with van der Waals surface area (Å²) in [6, 6.07) is 8.14. The van der Waals surface area contributed by atoms with Gasteiger partial charge in [0.15, 0.2) is 0 Å². The van der Waals surface area contributed by atoms with E-state index in [0.717, 1.165) is 24.8 Å². The SMILES string of the molecule is CCCNC(=O)NC1CCN(C(=O)Cc2cccc(C)c2)CC1. The van der Waals surface area contributed by atoms with Crippen LogP contribution >= 0.6 is 0 Å². The Kier molecular flexibility index (Phi) is 6.44. The van der Waals surface area contributed by atoms with Crippen LogP contribution in [0.2, 0.25) is 0 Å². The van der Waals surface area contributed by atoms with E-state index in [2.05, 4.69) is 16.7 Å². The van der Waals surface area contributed by atoms with Crippen LogP contribution < -0.4 is 10.6 Å². The number of hydrogen-bond acceptors (Lipinski definition) is 2. The van der Waals surface area contributed by atoms with E-state index in [-0.39, 0.29) is 18.0 Å². The van der Waals surface area contributed by atoms with Crippen LogP contribution in [-0.4, -0.2) is 42.5 Å². The summed E-state index contributed by atoms with van der Waals surface area (Å²) in [4.78, 5) is 25.9. The van der Waals surface area contributed by atoms with E-state index in [9.17, 15) is 9.59 Å². The van der Waals surface area contributed by atoms with E-state index in [1.165, 1.54) is 5.56 Å². The molecule has 0 radical (unpaired) electrons. The van der Waals surface area contributed by atoms with Gasteiger partial charge >= 0.3 is 6.03 Å². The average Bonchev–Trinajstić information content (AvgIpc) is 2.53. The molecule has 5 heteroatoms. The number of nitrogens with zero attached hydrogens (tertiary/aromatic N) is 1. The molecule has 5 nitrogen and oxygen atoms in total. The van der Waals surface area contributed by atoms with Crippen LogP contribution in [0.1, 0.15) is 37.3 Å². The zero-order valence-electron chi connectivity index (χ0n) is 14.1. The minimum Gasteiger partial charge on any atom is -0.342 e. The third-order valence-corrected chi connectivity index (χ3v) is 4.16. The zero-order valence-corrected chi connectivity index (χ0v) is 14.1. The van der Waals surface area contributed by atoms with Gasteiger partial charge in [-0.15, -0.1) is 0 Å². The zero-order chi connectivity index (χ0) is 16.7. The summed E-state index contributed by atoms with van der Waals surface area (Å²) < 4.78 is 0. The first-order valence-corrected chi connectivity index (χ1v) is 8.46. The fourth-order valence-electron chi connectivity index (χ4n) is 2.86. The van der Waals surface area contributed by atoms with E-state index in [1.54, 1.807) is 0 Å². The molecule has 1 aromatic carbocycles. The first-order chi connectivity index (χ1) is 11.1. The minimum absolute atomic E-state index is 0.101. The van der Waals surface area contributed by atoms with Gasteiger partial charge in [0.1, 0.15) is 0 Å². The van der Waals surface area contributed by atoms with Crippen molar-refractivity contribution < 1.29 is 9.59 Å². The second kappa shape index (κ2) is 8.56. The first-order valence-electron chi connectivity index (χ1n) is 8.46. The lowest BCUT2D eigenvalue weighted by molar-refractivity contribution is -0.131. The molecule has 126 valence electrons. The smallest absolute Gasteiger partial charge is 0.315 e. The summed E-state index contributed by atoms with van der Waals surface area (Å²) in [7, 11) is 0. The molecule has 2 N–H and O–H groups in total. The molecule has 2 rings (SSSR count). The normalized spacial score (nSPS) is 15.3. The maximum Gasteiger partial charge on any atom is 0.315 e. The Bertz CT molecular complexity index is 537. The van der Waals surface area contributed by atoms with Crippen molar-refractivity contribution in [3.8, 4) is 0 Å². The molecule has 0 aromatic heterocycles. The van der Waals surface area contributed by atoms with Gasteiger partial charge in [-0.25, -0.2) is 4.79 Å². The molecule has 1 aromatic rings. The minimum atomic E-state index is -0.101. The predicted molar refractivity (Wildman–Crippen MR) is 91.3 cm³/mol. The van der Waals surface area contributed by atoms with Crippen molar-refractivity contribution in [2.24, 2.45) is 0 Å². The fourth-order valence-corrected chi connectivity index (χ4v) is 2.86. The van der Waals surface area contributed by atoms with Crippen LogP contribution in [-0.2, 0) is 11.2 Å². The first kappa shape index (κ1) is 17.3. The molecule has 1 fully saturated rings. The summed E-state index contributed by atoms with van der Waals surface area (Å²) in [5.41, 5.74) is 2.24. The molecule has 1 heterocycles. The van der Waals surface area contributed by atoms with Crippen molar-refractivity contribution in [1.29, 1.82) is 0 Å². The number of urea groups is 1. The molecule has 0 unspecified atom stereocenters. The Morgan fingerprint density at radius 1 is 1.26 bits per heavy atom. The molecule has 23 heavy (non-hydrogen) atoms. The van der Waals surface area contributed by atoms with Crippen LogP contribution in [0.5, 0.6) is 0 Å². The molecule has 1 aliphatic heterocycles. The quantitative estimate of drug-likeness (QED) is 0.875. The van der Waals surface area contributed by atoms with Crippen LogP contribution in [0.15, 0.2) is 24.3 Å². The molecular weight excluding hydrogens is 290 g/mol. The van der Waals surface area contributed by atoms with Gasteiger partial charge in [0, 0.05) is 25.7 Å². The molecule has 0 saturated carbocycles. The maximum absolute atomic E-state index is 12.4. The molecule has 1 aliphatic rings. The average molecular weight is 317 g/mol. The second-order valence-electron chi connectivity index (χ2n) is 6.22. The second-order valence-corrected chi connectivity index (χ2v) is 6.22. The van der Waals surface area contributed by atoms with Gasteiger partial charge in [0.2, 0.25) is 5.91 Å². The lowest BCUT2D eigenvalue weighted by Crippen LogP contribution is -2.49. The van der Waals surface area contributed by atoms with Crippen LogP contribution in [0.25, 0.3) is 0 Å². The molecule has 0 atom stereocenters. The molecule has 0 bridgehead atoms. The lowest BCUT2D eigenvalue weighted by atomic mass is 10.0. The van der Waals surface area contributed by atoms with E-state index < -0.39 is 0 Å². The molecular formula is C18H27N3O2. The van der Waals surface area contributed by atoms with Crippen molar-refractivity contribution in [3.63, 3.8) is 0 Å². The van der Waals surface area contributed by atoms with E-state index >= 15 is 0 Å². The van der Waals surface area contributed by atoms with Gasteiger partial charge in [-0.1, -0.05) is 36.8 Å². The standard InChI is InChI=1S/C18H27N3O2/c1-3-9-19-18(23)20-16-7-10-21(11-8-16)17(22)13-15-6-4-5-14(2)12-15/h4-6,12,16H,3,7-11,13H2,1-2H3,(H2,19,20,23). The van der Waals surface area contributed by atoms with Crippen molar-refractivity contribution >= 4 is 11.9 Å². The topological polar surface area (TPSA) is 61.4 Å². The van der Waals surface area contributed by atoms with Crippen LogP contribution in [0.3, 0.4) is 0 Å². The molecule has 0 aliphatic carbocycles. The number of aryl methyl sites for hydroxylation is 1. The Morgan fingerprint density at radius 2 is 2.00 bits per heavy atom. The number of likely N-dealkylation sites (tertiary alicyclic amines) is 1. The van der Waals surface area contributed by atoms with Gasteiger partial charge in [-0.05, 0) is 31.7 Å². The Hall–Kier alpha value is -2.04. The number of hydrogen-bond donors (Lipinski definition) is 2.